The van der Waals surface area contributed by atoms with Gasteiger partial charge in [0.05, 0.1) is 11.0 Å². The molecule has 0 heterocycles. The van der Waals surface area contributed by atoms with Crippen LogP contribution in [0.2, 0.25) is 0 Å². The SMILES string of the molecule is CC(C)C(C)Nc1ccc(F)cc1[N+](=O)[O-]. The van der Waals surface area contributed by atoms with E-state index in [-0.39, 0.29) is 11.7 Å². The first-order valence-corrected chi connectivity index (χ1v) is 5.12. The third-order valence-electron chi connectivity index (χ3n) is 2.54. The Morgan fingerprint density at radius 3 is 2.50 bits per heavy atom. The topological polar surface area (TPSA) is 55.2 Å². The molecule has 0 aliphatic rings. The summed E-state index contributed by atoms with van der Waals surface area (Å²) in [6.45, 7) is 5.94. The maximum Gasteiger partial charge on any atom is 0.295 e. The molecule has 0 fully saturated rings. The molecule has 0 radical (unpaired) electrons. The lowest BCUT2D eigenvalue weighted by Gasteiger charge is -2.18. The van der Waals surface area contributed by atoms with Crippen molar-refractivity contribution in [2.45, 2.75) is 26.8 Å². The molecular formula is C11H15FN2O2. The first-order valence-electron chi connectivity index (χ1n) is 5.12. The standard InChI is InChI=1S/C11H15FN2O2/c1-7(2)8(3)13-10-5-4-9(12)6-11(10)14(15)16/h4-8,13H,1-3H3. The van der Waals surface area contributed by atoms with Crippen LogP contribution in [-0.2, 0) is 0 Å². The number of hydrogen-bond acceptors (Lipinski definition) is 3. The Morgan fingerprint density at radius 2 is 2.00 bits per heavy atom. The van der Waals surface area contributed by atoms with E-state index in [4.69, 9.17) is 0 Å². The molecular weight excluding hydrogens is 211 g/mol. The van der Waals surface area contributed by atoms with E-state index < -0.39 is 10.7 Å². The molecule has 0 aliphatic carbocycles. The number of halogens is 1. The molecule has 1 N–H and O–H groups in total. The summed E-state index contributed by atoms with van der Waals surface area (Å²) in [6.07, 6.45) is 0. The van der Waals surface area contributed by atoms with Crippen LogP contribution >= 0.6 is 0 Å². The molecule has 0 bridgehead atoms. The van der Waals surface area contributed by atoms with Gasteiger partial charge in [0.2, 0.25) is 0 Å². The molecule has 0 saturated heterocycles. The number of anilines is 1. The zero-order valence-electron chi connectivity index (χ0n) is 9.53. The molecule has 1 rings (SSSR count). The minimum Gasteiger partial charge on any atom is -0.377 e. The lowest BCUT2D eigenvalue weighted by atomic mass is 10.1. The molecule has 0 aromatic heterocycles. The second kappa shape index (κ2) is 4.92. The zero-order chi connectivity index (χ0) is 12.3. The quantitative estimate of drug-likeness (QED) is 0.633. The van der Waals surface area contributed by atoms with Crippen molar-refractivity contribution in [3.63, 3.8) is 0 Å². The minimum absolute atomic E-state index is 0.0872. The highest BCUT2D eigenvalue weighted by Gasteiger charge is 2.17. The first-order chi connectivity index (χ1) is 7.41. The lowest BCUT2D eigenvalue weighted by Crippen LogP contribution is -2.22. The van der Waals surface area contributed by atoms with Gasteiger partial charge in [-0.3, -0.25) is 10.1 Å². The average Bonchev–Trinajstić information content (AvgIpc) is 2.20. The monoisotopic (exact) mass is 226 g/mol. The molecule has 5 heteroatoms. The van der Waals surface area contributed by atoms with E-state index >= 15 is 0 Å². The molecule has 16 heavy (non-hydrogen) atoms. The molecule has 0 aliphatic heterocycles. The van der Waals surface area contributed by atoms with Crippen molar-refractivity contribution in [3.05, 3.63) is 34.1 Å². The highest BCUT2D eigenvalue weighted by Crippen LogP contribution is 2.26. The van der Waals surface area contributed by atoms with Crippen molar-refractivity contribution < 1.29 is 9.31 Å². The zero-order valence-corrected chi connectivity index (χ0v) is 9.53. The molecule has 1 aromatic carbocycles. The fraction of sp³-hybridized carbons (Fsp3) is 0.455. The predicted octanol–water partition coefficient (Wildman–Crippen LogP) is 3.19. The van der Waals surface area contributed by atoms with E-state index in [9.17, 15) is 14.5 Å². The number of nitrogens with one attached hydrogen (secondary N) is 1. The largest absolute Gasteiger partial charge is 0.377 e. The van der Waals surface area contributed by atoms with Crippen molar-refractivity contribution in [1.82, 2.24) is 0 Å². The highest BCUT2D eigenvalue weighted by molar-refractivity contribution is 5.61. The molecule has 0 saturated carbocycles. The third kappa shape index (κ3) is 2.92. The summed E-state index contributed by atoms with van der Waals surface area (Å²) in [7, 11) is 0. The van der Waals surface area contributed by atoms with Gasteiger partial charge in [-0.1, -0.05) is 13.8 Å². The Morgan fingerprint density at radius 1 is 1.38 bits per heavy atom. The summed E-state index contributed by atoms with van der Waals surface area (Å²) >= 11 is 0. The molecule has 1 atom stereocenters. The van der Waals surface area contributed by atoms with Gasteiger partial charge in [-0.25, -0.2) is 4.39 Å². The van der Waals surface area contributed by atoms with E-state index in [1.807, 2.05) is 20.8 Å². The predicted molar refractivity (Wildman–Crippen MR) is 61.0 cm³/mol. The molecule has 0 amide bonds. The smallest absolute Gasteiger partial charge is 0.295 e. The van der Waals surface area contributed by atoms with Gasteiger partial charge < -0.3 is 5.32 Å². The summed E-state index contributed by atoms with van der Waals surface area (Å²) in [5, 5.41) is 13.7. The van der Waals surface area contributed by atoms with Crippen molar-refractivity contribution >= 4 is 11.4 Å². The van der Waals surface area contributed by atoms with Crippen LogP contribution in [0.4, 0.5) is 15.8 Å². The Balaban J connectivity index is 2.99. The lowest BCUT2D eigenvalue weighted by molar-refractivity contribution is -0.384. The fourth-order valence-electron chi connectivity index (χ4n) is 1.19. The van der Waals surface area contributed by atoms with Crippen molar-refractivity contribution in [1.29, 1.82) is 0 Å². The van der Waals surface area contributed by atoms with Crippen molar-refractivity contribution in [2.75, 3.05) is 5.32 Å². The van der Waals surface area contributed by atoms with Crippen LogP contribution in [0.3, 0.4) is 0 Å². The summed E-state index contributed by atoms with van der Waals surface area (Å²) in [6, 6.07) is 3.62. The maximum absolute atomic E-state index is 12.9. The number of benzene rings is 1. The molecule has 0 spiro atoms. The molecule has 4 nitrogen and oxygen atoms in total. The van der Waals surface area contributed by atoms with Gasteiger partial charge in [-0.15, -0.1) is 0 Å². The van der Waals surface area contributed by atoms with Gasteiger partial charge in [0.15, 0.2) is 0 Å². The molecule has 88 valence electrons. The normalized spacial score (nSPS) is 12.6. The second-order valence-corrected chi connectivity index (χ2v) is 4.10. The number of rotatable bonds is 4. The Labute approximate surface area is 93.6 Å². The number of nitro groups is 1. The minimum atomic E-state index is -0.602. The van der Waals surface area contributed by atoms with Gasteiger partial charge in [0.25, 0.3) is 5.69 Å². The summed E-state index contributed by atoms with van der Waals surface area (Å²) in [5.74, 6) is -0.265. The molecule has 1 aromatic rings. The third-order valence-corrected chi connectivity index (χ3v) is 2.54. The van der Waals surface area contributed by atoms with Crippen LogP contribution in [0.25, 0.3) is 0 Å². The van der Waals surface area contributed by atoms with E-state index in [0.717, 1.165) is 6.07 Å². The van der Waals surface area contributed by atoms with Gasteiger partial charge in [0.1, 0.15) is 11.5 Å². The van der Waals surface area contributed by atoms with Crippen molar-refractivity contribution in [3.8, 4) is 0 Å². The number of nitro benzene ring substituents is 1. The van der Waals surface area contributed by atoms with E-state index in [1.54, 1.807) is 0 Å². The number of nitrogens with zero attached hydrogens (tertiary/aromatic N) is 1. The van der Waals surface area contributed by atoms with Crippen LogP contribution in [-0.4, -0.2) is 11.0 Å². The van der Waals surface area contributed by atoms with E-state index in [0.29, 0.717) is 11.6 Å². The van der Waals surface area contributed by atoms with Gasteiger partial charge in [-0.2, -0.15) is 0 Å². The van der Waals surface area contributed by atoms with E-state index in [2.05, 4.69) is 5.32 Å². The maximum atomic E-state index is 12.9. The molecule has 1 unspecified atom stereocenters. The summed E-state index contributed by atoms with van der Waals surface area (Å²) in [5.41, 5.74) is 0.125. The van der Waals surface area contributed by atoms with Gasteiger partial charge in [0, 0.05) is 6.04 Å². The number of hydrogen-bond donors (Lipinski definition) is 1. The first kappa shape index (κ1) is 12.4. The van der Waals surface area contributed by atoms with Crippen LogP contribution < -0.4 is 5.32 Å². The second-order valence-electron chi connectivity index (χ2n) is 4.10. The van der Waals surface area contributed by atoms with Crippen LogP contribution in [0.1, 0.15) is 20.8 Å². The fourth-order valence-corrected chi connectivity index (χ4v) is 1.19. The van der Waals surface area contributed by atoms with Gasteiger partial charge >= 0.3 is 0 Å². The average molecular weight is 226 g/mol. The Kier molecular flexibility index (Phi) is 3.82. The van der Waals surface area contributed by atoms with Crippen LogP contribution in [0.15, 0.2) is 18.2 Å². The van der Waals surface area contributed by atoms with Gasteiger partial charge in [-0.05, 0) is 25.0 Å². The summed E-state index contributed by atoms with van der Waals surface area (Å²) in [4.78, 5) is 10.1. The van der Waals surface area contributed by atoms with Crippen LogP contribution in [0.5, 0.6) is 0 Å². The highest BCUT2D eigenvalue weighted by atomic mass is 19.1. The van der Waals surface area contributed by atoms with Crippen LogP contribution in [0, 0.1) is 21.8 Å². The Hall–Kier alpha value is -1.65. The summed E-state index contributed by atoms with van der Waals surface area (Å²) < 4.78 is 12.9. The van der Waals surface area contributed by atoms with Crippen molar-refractivity contribution in [2.24, 2.45) is 5.92 Å². The van der Waals surface area contributed by atoms with E-state index in [1.165, 1.54) is 12.1 Å². The Bertz CT molecular complexity index is 394.